The molecule has 0 unspecified atom stereocenters. The Kier molecular flexibility index (Phi) is 4.90. The second-order valence-corrected chi connectivity index (χ2v) is 5.67. The number of carbonyl (C=O) groups excluding carboxylic acids is 1. The fourth-order valence-electron chi connectivity index (χ4n) is 1.82. The van der Waals surface area contributed by atoms with Crippen molar-refractivity contribution in [2.75, 3.05) is 13.1 Å². The molecule has 0 fully saturated rings. The summed E-state index contributed by atoms with van der Waals surface area (Å²) in [7, 11) is 0. The first kappa shape index (κ1) is 14.7. The Morgan fingerprint density at radius 2 is 2.11 bits per heavy atom. The molecule has 4 nitrogen and oxygen atoms in total. The quantitative estimate of drug-likeness (QED) is 0.862. The summed E-state index contributed by atoms with van der Waals surface area (Å²) < 4.78 is 0. The standard InChI is InChI=1S/C13H19NO3S/c1-4-7-14(9-11(15)16)12(17)13(2,3)10-6-5-8-18-10/h5-6,8H,4,7,9H2,1-3H3,(H,15,16). The van der Waals surface area contributed by atoms with Crippen molar-refractivity contribution in [2.24, 2.45) is 0 Å². The molecule has 5 heteroatoms. The van der Waals surface area contributed by atoms with Crippen LogP contribution in [0.25, 0.3) is 0 Å². The molecule has 100 valence electrons. The van der Waals surface area contributed by atoms with Crippen LogP contribution >= 0.6 is 11.3 Å². The van der Waals surface area contributed by atoms with Crippen molar-refractivity contribution >= 4 is 23.2 Å². The van der Waals surface area contributed by atoms with Gasteiger partial charge in [0.2, 0.25) is 5.91 Å². The van der Waals surface area contributed by atoms with E-state index in [1.54, 1.807) is 0 Å². The van der Waals surface area contributed by atoms with Gasteiger partial charge < -0.3 is 10.0 Å². The molecular formula is C13H19NO3S. The molecule has 0 aromatic carbocycles. The van der Waals surface area contributed by atoms with Crippen molar-refractivity contribution in [3.05, 3.63) is 22.4 Å². The zero-order valence-corrected chi connectivity index (χ0v) is 11.8. The lowest BCUT2D eigenvalue weighted by Crippen LogP contribution is -2.45. The van der Waals surface area contributed by atoms with Crippen LogP contribution in [0, 0.1) is 0 Å². The molecule has 0 aliphatic heterocycles. The van der Waals surface area contributed by atoms with Crippen LogP contribution in [-0.4, -0.2) is 35.0 Å². The van der Waals surface area contributed by atoms with Gasteiger partial charge in [0.1, 0.15) is 6.54 Å². The van der Waals surface area contributed by atoms with Gasteiger partial charge in [-0.2, -0.15) is 0 Å². The minimum atomic E-state index is -0.973. The first-order valence-electron chi connectivity index (χ1n) is 5.94. The summed E-state index contributed by atoms with van der Waals surface area (Å²) in [5.74, 6) is -1.10. The Morgan fingerprint density at radius 1 is 1.44 bits per heavy atom. The number of rotatable bonds is 6. The van der Waals surface area contributed by atoms with Crippen LogP contribution in [0.5, 0.6) is 0 Å². The molecule has 0 spiro atoms. The highest BCUT2D eigenvalue weighted by atomic mass is 32.1. The summed E-state index contributed by atoms with van der Waals surface area (Å²) in [6, 6.07) is 3.81. The number of carboxylic acid groups (broad SMARTS) is 1. The molecule has 1 aromatic heterocycles. The topological polar surface area (TPSA) is 57.6 Å². The predicted molar refractivity (Wildman–Crippen MR) is 71.9 cm³/mol. The van der Waals surface area contributed by atoms with Crippen LogP contribution in [0.15, 0.2) is 17.5 Å². The number of hydrogen-bond donors (Lipinski definition) is 1. The third kappa shape index (κ3) is 3.32. The van der Waals surface area contributed by atoms with Gasteiger partial charge in [0.25, 0.3) is 0 Å². The summed E-state index contributed by atoms with van der Waals surface area (Å²) >= 11 is 1.52. The number of carbonyl (C=O) groups is 2. The SMILES string of the molecule is CCCN(CC(=O)O)C(=O)C(C)(C)c1cccs1. The van der Waals surface area contributed by atoms with E-state index in [-0.39, 0.29) is 12.5 Å². The Labute approximate surface area is 111 Å². The molecule has 0 aliphatic carbocycles. The van der Waals surface area contributed by atoms with Crippen molar-refractivity contribution in [1.82, 2.24) is 4.90 Å². The molecule has 0 saturated carbocycles. The number of thiophene rings is 1. The first-order valence-corrected chi connectivity index (χ1v) is 6.82. The zero-order chi connectivity index (χ0) is 13.8. The molecule has 0 atom stereocenters. The maximum atomic E-state index is 12.5. The van der Waals surface area contributed by atoms with Crippen LogP contribution in [-0.2, 0) is 15.0 Å². The summed E-state index contributed by atoms with van der Waals surface area (Å²) in [6.07, 6.45) is 0.750. The van der Waals surface area contributed by atoms with Gasteiger partial charge in [0, 0.05) is 11.4 Å². The fraction of sp³-hybridized carbons (Fsp3) is 0.538. The maximum absolute atomic E-state index is 12.5. The normalized spacial score (nSPS) is 11.3. The van der Waals surface area contributed by atoms with E-state index < -0.39 is 11.4 Å². The van der Waals surface area contributed by atoms with E-state index in [4.69, 9.17) is 5.11 Å². The number of amides is 1. The fourth-order valence-corrected chi connectivity index (χ4v) is 2.66. The largest absolute Gasteiger partial charge is 0.480 e. The van der Waals surface area contributed by atoms with Crippen LogP contribution in [0.1, 0.15) is 32.1 Å². The van der Waals surface area contributed by atoms with Crippen molar-refractivity contribution in [1.29, 1.82) is 0 Å². The highest BCUT2D eigenvalue weighted by Crippen LogP contribution is 2.29. The van der Waals surface area contributed by atoms with Gasteiger partial charge in [-0.15, -0.1) is 11.3 Å². The van der Waals surface area contributed by atoms with E-state index in [0.717, 1.165) is 11.3 Å². The smallest absolute Gasteiger partial charge is 0.323 e. The van der Waals surface area contributed by atoms with Gasteiger partial charge in [-0.25, -0.2) is 0 Å². The molecule has 0 radical (unpaired) electrons. The molecular weight excluding hydrogens is 250 g/mol. The van der Waals surface area contributed by atoms with E-state index in [0.29, 0.717) is 6.54 Å². The summed E-state index contributed by atoms with van der Waals surface area (Å²) in [5.41, 5.74) is -0.668. The summed E-state index contributed by atoms with van der Waals surface area (Å²) in [6.45, 7) is 5.85. The van der Waals surface area contributed by atoms with E-state index in [1.807, 2.05) is 38.3 Å². The number of hydrogen-bond acceptors (Lipinski definition) is 3. The number of nitrogens with zero attached hydrogens (tertiary/aromatic N) is 1. The molecule has 1 aromatic rings. The Balaban J connectivity index is 2.91. The number of carboxylic acids is 1. The van der Waals surface area contributed by atoms with Gasteiger partial charge in [0.05, 0.1) is 5.41 Å². The maximum Gasteiger partial charge on any atom is 0.323 e. The second-order valence-electron chi connectivity index (χ2n) is 4.72. The zero-order valence-electron chi connectivity index (χ0n) is 11.0. The predicted octanol–water partition coefficient (Wildman–Crippen LogP) is 2.35. The Hall–Kier alpha value is -1.36. The highest BCUT2D eigenvalue weighted by molar-refractivity contribution is 7.10. The average Bonchev–Trinajstić information content (AvgIpc) is 2.80. The van der Waals surface area contributed by atoms with Gasteiger partial charge in [-0.3, -0.25) is 9.59 Å². The number of aliphatic carboxylic acids is 1. The van der Waals surface area contributed by atoms with Gasteiger partial charge in [0.15, 0.2) is 0 Å². The minimum Gasteiger partial charge on any atom is -0.480 e. The lowest BCUT2D eigenvalue weighted by molar-refractivity contribution is -0.146. The third-order valence-electron chi connectivity index (χ3n) is 2.78. The van der Waals surface area contributed by atoms with Crippen molar-refractivity contribution in [2.45, 2.75) is 32.6 Å². The Bertz CT molecular complexity index is 412. The molecule has 1 N–H and O–H groups in total. The van der Waals surface area contributed by atoms with E-state index in [9.17, 15) is 9.59 Å². The second kappa shape index (κ2) is 6.00. The van der Waals surface area contributed by atoms with E-state index >= 15 is 0 Å². The summed E-state index contributed by atoms with van der Waals surface area (Å²) in [4.78, 5) is 25.6. The minimum absolute atomic E-state index is 0.130. The van der Waals surface area contributed by atoms with Gasteiger partial charge in [-0.1, -0.05) is 13.0 Å². The average molecular weight is 269 g/mol. The molecule has 1 heterocycles. The van der Waals surface area contributed by atoms with Gasteiger partial charge in [-0.05, 0) is 31.7 Å². The van der Waals surface area contributed by atoms with Crippen molar-refractivity contribution in [3.63, 3.8) is 0 Å². The monoisotopic (exact) mass is 269 g/mol. The Morgan fingerprint density at radius 3 is 2.56 bits per heavy atom. The van der Waals surface area contributed by atoms with Crippen LogP contribution in [0.4, 0.5) is 0 Å². The molecule has 1 amide bonds. The van der Waals surface area contributed by atoms with Crippen molar-refractivity contribution < 1.29 is 14.7 Å². The van der Waals surface area contributed by atoms with E-state index in [2.05, 4.69) is 0 Å². The molecule has 0 saturated heterocycles. The third-order valence-corrected chi connectivity index (χ3v) is 3.97. The molecule has 18 heavy (non-hydrogen) atoms. The molecule has 0 bridgehead atoms. The first-order chi connectivity index (χ1) is 8.39. The molecule has 1 rings (SSSR count). The highest BCUT2D eigenvalue weighted by Gasteiger charge is 2.35. The van der Waals surface area contributed by atoms with Crippen LogP contribution in [0.2, 0.25) is 0 Å². The van der Waals surface area contributed by atoms with Crippen LogP contribution in [0.3, 0.4) is 0 Å². The lowest BCUT2D eigenvalue weighted by atomic mass is 9.89. The van der Waals surface area contributed by atoms with Gasteiger partial charge >= 0.3 is 5.97 Å². The molecule has 0 aliphatic rings. The lowest BCUT2D eigenvalue weighted by Gasteiger charge is -2.30. The van der Waals surface area contributed by atoms with Crippen molar-refractivity contribution in [3.8, 4) is 0 Å². The summed E-state index contributed by atoms with van der Waals surface area (Å²) in [5, 5.41) is 10.8. The van der Waals surface area contributed by atoms with E-state index in [1.165, 1.54) is 16.2 Å². The van der Waals surface area contributed by atoms with Crippen LogP contribution < -0.4 is 0 Å².